The van der Waals surface area contributed by atoms with Gasteiger partial charge in [0.15, 0.2) is 0 Å². The Morgan fingerprint density at radius 2 is 2.00 bits per heavy atom. The largest absolute Gasteiger partial charge is 0.350 e. The molecule has 0 saturated heterocycles. The number of sulfonamides is 1. The Morgan fingerprint density at radius 1 is 1.35 bits per heavy atom. The van der Waals surface area contributed by atoms with E-state index < -0.39 is 15.6 Å². The Kier molecular flexibility index (Phi) is 3.91. The molecule has 1 amide bonds. The molecule has 0 aliphatic carbocycles. The first kappa shape index (κ1) is 15.4. The summed E-state index contributed by atoms with van der Waals surface area (Å²) in [5.41, 5.74) is 5.31. The van der Waals surface area contributed by atoms with Crippen molar-refractivity contribution in [3.05, 3.63) is 17.0 Å². The van der Waals surface area contributed by atoms with Gasteiger partial charge in [0, 0.05) is 17.5 Å². The maximum absolute atomic E-state index is 11.9. The smallest absolute Gasteiger partial charge is 0.261 e. The van der Waals surface area contributed by atoms with Crippen LogP contribution in [0, 0.1) is 0 Å². The average molecular weight is 333 g/mol. The van der Waals surface area contributed by atoms with Crippen molar-refractivity contribution in [2.45, 2.75) is 23.6 Å². The van der Waals surface area contributed by atoms with Crippen LogP contribution in [0.3, 0.4) is 0 Å². The lowest BCUT2D eigenvalue weighted by molar-refractivity contribution is 0.0950. The van der Waals surface area contributed by atoms with Gasteiger partial charge in [-0.15, -0.1) is 22.7 Å². The summed E-state index contributed by atoms with van der Waals surface area (Å²) in [7, 11) is -3.69. The molecule has 2 heterocycles. The van der Waals surface area contributed by atoms with Crippen LogP contribution >= 0.6 is 22.7 Å². The molecule has 0 spiro atoms. The summed E-state index contributed by atoms with van der Waals surface area (Å²) >= 11 is 2.31. The maximum Gasteiger partial charge on any atom is 0.261 e. The van der Waals surface area contributed by atoms with E-state index >= 15 is 0 Å². The molecule has 0 fully saturated rings. The predicted molar refractivity (Wildman–Crippen MR) is 81.7 cm³/mol. The van der Waals surface area contributed by atoms with E-state index in [0.29, 0.717) is 16.8 Å². The zero-order valence-corrected chi connectivity index (χ0v) is 13.4. The van der Waals surface area contributed by atoms with E-state index in [1.54, 1.807) is 6.07 Å². The molecule has 0 aromatic carbocycles. The van der Waals surface area contributed by atoms with Crippen molar-refractivity contribution in [2.75, 3.05) is 6.54 Å². The highest BCUT2D eigenvalue weighted by atomic mass is 32.2. The van der Waals surface area contributed by atoms with E-state index in [1.165, 1.54) is 17.4 Å². The van der Waals surface area contributed by atoms with Gasteiger partial charge in [0.25, 0.3) is 5.91 Å². The fourth-order valence-electron chi connectivity index (χ4n) is 1.46. The van der Waals surface area contributed by atoms with Crippen molar-refractivity contribution in [1.82, 2.24) is 5.32 Å². The summed E-state index contributed by atoms with van der Waals surface area (Å²) in [5.74, 6) is -0.214. The van der Waals surface area contributed by atoms with Crippen LogP contribution in [0.5, 0.6) is 0 Å². The van der Waals surface area contributed by atoms with E-state index in [4.69, 9.17) is 10.9 Å². The van der Waals surface area contributed by atoms with Crippen LogP contribution in [-0.4, -0.2) is 26.4 Å². The first-order valence-electron chi connectivity index (χ1n) is 5.69. The molecular weight excluding hydrogens is 318 g/mol. The topological polar surface area (TPSA) is 115 Å². The van der Waals surface area contributed by atoms with Crippen molar-refractivity contribution in [3.8, 4) is 0 Å². The van der Waals surface area contributed by atoms with Gasteiger partial charge in [-0.25, -0.2) is 13.6 Å². The molecule has 5 N–H and O–H groups in total. The van der Waals surface area contributed by atoms with Crippen LogP contribution in [0.2, 0.25) is 0 Å². The van der Waals surface area contributed by atoms with Gasteiger partial charge in [0.1, 0.15) is 4.21 Å². The van der Waals surface area contributed by atoms with Gasteiger partial charge < -0.3 is 11.1 Å². The molecule has 20 heavy (non-hydrogen) atoms. The van der Waals surface area contributed by atoms with Crippen LogP contribution in [0.1, 0.15) is 23.5 Å². The SMILES string of the molecule is CC(C)(N)CNC(=O)c1cc2cc(S(N)(=O)=O)sc2s1. The van der Waals surface area contributed by atoms with E-state index in [2.05, 4.69) is 5.32 Å². The molecule has 110 valence electrons. The first-order valence-corrected chi connectivity index (χ1v) is 8.87. The summed E-state index contributed by atoms with van der Waals surface area (Å²) < 4.78 is 23.3. The lowest BCUT2D eigenvalue weighted by atomic mass is 10.1. The molecule has 0 unspecified atom stereocenters. The number of carbonyl (C=O) groups is 1. The number of thiophene rings is 2. The quantitative estimate of drug-likeness (QED) is 0.776. The second-order valence-electron chi connectivity index (χ2n) is 5.14. The summed E-state index contributed by atoms with van der Waals surface area (Å²) in [6, 6.07) is 3.14. The minimum Gasteiger partial charge on any atom is -0.350 e. The molecule has 0 atom stereocenters. The Balaban J connectivity index is 2.21. The average Bonchev–Trinajstić information content (AvgIpc) is 2.80. The Morgan fingerprint density at radius 3 is 2.50 bits per heavy atom. The van der Waals surface area contributed by atoms with Gasteiger partial charge in [-0.3, -0.25) is 4.79 Å². The van der Waals surface area contributed by atoms with Crippen LogP contribution in [-0.2, 0) is 10.0 Å². The molecule has 6 nitrogen and oxygen atoms in total. The molecule has 9 heteroatoms. The summed E-state index contributed by atoms with van der Waals surface area (Å²) in [6.07, 6.45) is 0. The number of rotatable bonds is 4. The van der Waals surface area contributed by atoms with E-state index in [0.717, 1.165) is 15.4 Å². The molecule has 0 radical (unpaired) electrons. The van der Waals surface area contributed by atoms with Crippen LogP contribution < -0.4 is 16.2 Å². The fraction of sp³-hybridized carbons (Fsp3) is 0.364. The minimum atomic E-state index is -3.69. The Bertz CT molecular complexity index is 721. The number of hydrogen-bond donors (Lipinski definition) is 3. The Labute approximate surface area is 124 Å². The lowest BCUT2D eigenvalue weighted by Crippen LogP contribution is -2.44. The maximum atomic E-state index is 11.9. The van der Waals surface area contributed by atoms with Gasteiger partial charge in [-0.2, -0.15) is 0 Å². The lowest BCUT2D eigenvalue weighted by Gasteiger charge is -2.18. The highest BCUT2D eigenvalue weighted by molar-refractivity contribution is 7.91. The number of fused-ring (bicyclic) bond motifs is 1. The zero-order valence-electron chi connectivity index (χ0n) is 11.0. The van der Waals surface area contributed by atoms with E-state index in [-0.39, 0.29) is 10.1 Å². The number of primary sulfonamides is 1. The highest BCUT2D eigenvalue weighted by Crippen LogP contribution is 2.35. The monoisotopic (exact) mass is 333 g/mol. The summed E-state index contributed by atoms with van der Waals surface area (Å²) in [6.45, 7) is 4.00. The molecule has 2 aromatic rings. The second-order valence-corrected chi connectivity index (χ2v) is 9.29. The van der Waals surface area contributed by atoms with E-state index in [9.17, 15) is 13.2 Å². The van der Waals surface area contributed by atoms with Gasteiger partial charge in [0.05, 0.1) is 8.89 Å². The van der Waals surface area contributed by atoms with Crippen LogP contribution in [0.25, 0.3) is 9.40 Å². The minimum absolute atomic E-state index is 0.105. The fourth-order valence-corrected chi connectivity index (χ4v) is 4.72. The number of nitrogens with one attached hydrogen (secondary N) is 1. The number of amides is 1. The van der Waals surface area contributed by atoms with Gasteiger partial charge >= 0.3 is 0 Å². The third kappa shape index (κ3) is 3.55. The predicted octanol–water partition coefficient (Wildman–Crippen LogP) is 1.08. The van der Waals surface area contributed by atoms with Gasteiger partial charge in [-0.1, -0.05) is 0 Å². The zero-order chi connectivity index (χ0) is 15.1. The molecular formula is C11H15N3O3S3. The summed E-state index contributed by atoms with van der Waals surface area (Å²) in [5, 5.41) is 8.52. The number of hydrogen-bond acceptors (Lipinski definition) is 6. The van der Waals surface area contributed by atoms with Crippen molar-refractivity contribution in [1.29, 1.82) is 0 Å². The molecule has 0 aliphatic rings. The molecule has 2 rings (SSSR count). The van der Waals surface area contributed by atoms with Crippen molar-refractivity contribution < 1.29 is 13.2 Å². The third-order valence-electron chi connectivity index (χ3n) is 2.40. The van der Waals surface area contributed by atoms with E-state index in [1.807, 2.05) is 13.8 Å². The van der Waals surface area contributed by atoms with Crippen molar-refractivity contribution >= 4 is 48.0 Å². The molecule has 0 bridgehead atoms. The second kappa shape index (κ2) is 5.08. The van der Waals surface area contributed by atoms with Crippen molar-refractivity contribution in [3.63, 3.8) is 0 Å². The van der Waals surface area contributed by atoms with Gasteiger partial charge in [-0.05, 0) is 26.0 Å². The first-order chi connectivity index (χ1) is 9.06. The molecule has 2 aromatic heterocycles. The normalized spacial score (nSPS) is 12.8. The number of nitrogens with two attached hydrogens (primary N) is 2. The van der Waals surface area contributed by atoms with Gasteiger partial charge in [0.2, 0.25) is 10.0 Å². The standard InChI is InChI=1S/C11H15N3O3S3/c1-11(2,12)5-14-9(15)7-3-6-4-8(20(13,16)17)19-10(6)18-7/h3-4H,5,12H2,1-2H3,(H,14,15)(H2,13,16,17). The van der Waals surface area contributed by atoms with Crippen molar-refractivity contribution in [2.24, 2.45) is 10.9 Å². The summed E-state index contributed by atoms with van der Waals surface area (Å²) in [4.78, 5) is 12.5. The third-order valence-corrected chi connectivity index (χ3v) is 6.21. The van der Waals surface area contributed by atoms with Crippen LogP contribution in [0.4, 0.5) is 0 Å². The highest BCUT2D eigenvalue weighted by Gasteiger charge is 2.18. The number of carbonyl (C=O) groups excluding carboxylic acids is 1. The molecule has 0 aliphatic heterocycles. The molecule has 0 saturated carbocycles. The Hall–Kier alpha value is -1.00. The van der Waals surface area contributed by atoms with Crippen LogP contribution in [0.15, 0.2) is 16.3 Å².